The molecular weight excluding hydrogens is 417 g/mol. The van der Waals surface area contributed by atoms with Crippen molar-refractivity contribution >= 4 is 34.2 Å². The summed E-state index contributed by atoms with van der Waals surface area (Å²) in [4.78, 5) is 21.4. The number of pyridine rings is 1. The summed E-state index contributed by atoms with van der Waals surface area (Å²) in [6.07, 6.45) is 1.79. The summed E-state index contributed by atoms with van der Waals surface area (Å²) in [7, 11) is 0. The molecule has 0 spiro atoms. The molecule has 0 radical (unpaired) electrons. The van der Waals surface area contributed by atoms with Crippen LogP contribution in [0.1, 0.15) is 0 Å². The number of nitrogens with one attached hydrogen (secondary N) is 1. The second-order valence-electron chi connectivity index (χ2n) is 6.88. The number of nitrogens with zero attached hydrogens (tertiary/aromatic N) is 2. The molecule has 0 aliphatic rings. The number of benzene rings is 3. The molecule has 0 saturated heterocycles. The van der Waals surface area contributed by atoms with E-state index in [1.165, 1.54) is 0 Å². The molecule has 5 aromatic rings. The van der Waals surface area contributed by atoms with Gasteiger partial charge in [-0.25, -0.2) is 4.98 Å². The van der Waals surface area contributed by atoms with Crippen molar-refractivity contribution in [2.24, 2.45) is 0 Å². The van der Waals surface area contributed by atoms with Crippen molar-refractivity contribution in [1.29, 1.82) is 0 Å². The van der Waals surface area contributed by atoms with Gasteiger partial charge in [-0.05, 0) is 42.5 Å². The van der Waals surface area contributed by atoms with Gasteiger partial charge in [0.25, 0.3) is 5.56 Å². The largest absolute Gasteiger partial charge is 0.338 e. The predicted octanol–water partition coefficient (Wildman–Crippen LogP) is 6.35. The third kappa shape index (κ3) is 3.30. The van der Waals surface area contributed by atoms with Gasteiger partial charge in [-0.15, -0.1) is 0 Å². The summed E-state index contributed by atoms with van der Waals surface area (Å²) in [5.41, 5.74) is 4.17. The molecule has 0 unspecified atom stereocenters. The Morgan fingerprint density at radius 3 is 2.40 bits per heavy atom. The van der Waals surface area contributed by atoms with Crippen LogP contribution in [-0.4, -0.2) is 14.5 Å². The number of aromatic amines is 1. The van der Waals surface area contributed by atoms with Gasteiger partial charge in [-0.3, -0.25) is 9.36 Å². The molecule has 5 rings (SSSR count). The van der Waals surface area contributed by atoms with Crippen LogP contribution in [0.2, 0.25) is 10.0 Å². The van der Waals surface area contributed by atoms with Crippen LogP contribution >= 0.6 is 23.2 Å². The topological polar surface area (TPSA) is 50.7 Å². The van der Waals surface area contributed by atoms with Crippen molar-refractivity contribution in [3.63, 3.8) is 0 Å². The lowest BCUT2D eigenvalue weighted by atomic mass is 10.0. The molecule has 30 heavy (non-hydrogen) atoms. The van der Waals surface area contributed by atoms with Gasteiger partial charge >= 0.3 is 0 Å². The number of rotatable bonds is 3. The Balaban J connectivity index is 1.79. The molecule has 0 fully saturated rings. The maximum atomic E-state index is 13.4. The molecule has 0 aliphatic carbocycles. The van der Waals surface area contributed by atoms with Gasteiger partial charge in [0.2, 0.25) is 0 Å². The van der Waals surface area contributed by atoms with Crippen molar-refractivity contribution in [1.82, 2.24) is 14.5 Å². The van der Waals surface area contributed by atoms with E-state index in [4.69, 9.17) is 23.2 Å². The monoisotopic (exact) mass is 431 g/mol. The normalized spacial score (nSPS) is 11.1. The maximum absolute atomic E-state index is 13.4. The summed E-state index contributed by atoms with van der Waals surface area (Å²) in [5.74, 6) is 0.644. The lowest BCUT2D eigenvalue weighted by Crippen LogP contribution is -2.20. The number of aromatic nitrogens is 3. The van der Waals surface area contributed by atoms with Crippen LogP contribution < -0.4 is 5.56 Å². The molecule has 3 aromatic carbocycles. The van der Waals surface area contributed by atoms with E-state index in [9.17, 15) is 4.79 Å². The Morgan fingerprint density at radius 1 is 0.833 bits per heavy atom. The quantitative estimate of drug-likeness (QED) is 0.361. The molecule has 0 atom stereocenters. The first-order chi connectivity index (χ1) is 14.6. The van der Waals surface area contributed by atoms with Crippen LogP contribution in [0.4, 0.5) is 0 Å². The van der Waals surface area contributed by atoms with Gasteiger partial charge in [0.05, 0.1) is 11.0 Å². The van der Waals surface area contributed by atoms with Crippen molar-refractivity contribution in [3.05, 3.63) is 105 Å². The molecule has 6 heteroatoms. The van der Waals surface area contributed by atoms with E-state index in [1.54, 1.807) is 22.9 Å². The maximum Gasteiger partial charge on any atom is 0.263 e. The minimum absolute atomic E-state index is 0.155. The van der Waals surface area contributed by atoms with Crippen molar-refractivity contribution in [3.8, 4) is 28.2 Å². The van der Waals surface area contributed by atoms with Crippen LogP contribution in [0.15, 0.2) is 89.9 Å². The first kappa shape index (κ1) is 18.7. The minimum atomic E-state index is -0.155. The summed E-state index contributed by atoms with van der Waals surface area (Å²) in [6.45, 7) is 0. The smallest absolute Gasteiger partial charge is 0.263 e. The number of fused-ring (bicyclic) bond motifs is 1. The molecular formula is C24H15Cl2N3O. The molecule has 146 valence electrons. The standard InChI is InChI=1S/C24H15Cl2N3O/c25-16-10-11-21-22(13-16)28-23(27-21)15-12-19(18-8-4-5-9-20(18)26)24(30)29(14-15)17-6-2-1-3-7-17/h1-14H,(H,27,28). The zero-order chi connectivity index (χ0) is 20.7. The first-order valence-electron chi connectivity index (χ1n) is 9.33. The molecule has 1 N–H and O–H groups in total. The van der Waals surface area contributed by atoms with Crippen LogP contribution in [0.25, 0.3) is 39.2 Å². The van der Waals surface area contributed by atoms with E-state index in [2.05, 4.69) is 9.97 Å². The average molecular weight is 432 g/mol. The Morgan fingerprint density at radius 2 is 1.60 bits per heavy atom. The lowest BCUT2D eigenvalue weighted by Gasteiger charge is -2.12. The number of H-pyrrole nitrogens is 1. The Labute approximate surface area is 182 Å². The summed E-state index contributed by atoms with van der Waals surface area (Å²) >= 11 is 12.5. The number of para-hydroxylation sites is 1. The second-order valence-corrected chi connectivity index (χ2v) is 7.72. The highest BCUT2D eigenvalue weighted by Crippen LogP contribution is 2.29. The molecule has 2 aromatic heterocycles. The summed E-state index contributed by atoms with van der Waals surface area (Å²) < 4.78 is 1.62. The molecule has 2 heterocycles. The van der Waals surface area contributed by atoms with E-state index in [1.807, 2.05) is 66.7 Å². The van der Waals surface area contributed by atoms with E-state index >= 15 is 0 Å². The number of halogens is 2. The lowest BCUT2D eigenvalue weighted by molar-refractivity contribution is 0.992. The highest BCUT2D eigenvalue weighted by molar-refractivity contribution is 6.33. The van der Waals surface area contributed by atoms with Gasteiger partial charge in [0, 0.05) is 38.6 Å². The zero-order valence-corrected chi connectivity index (χ0v) is 17.2. The summed E-state index contributed by atoms with van der Waals surface area (Å²) in [6, 6.07) is 24.1. The molecule has 4 nitrogen and oxygen atoms in total. The van der Waals surface area contributed by atoms with Crippen molar-refractivity contribution < 1.29 is 0 Å². The average Bonchev–Trinajstić information content (AvgIpc) is 3.18. The number of hydrogen-bond donors (Lipinski definition) is 1. The van der Waals surface area contributed by atoms with Gasteiger partial charge < -0.3 is 4.98 Å². The number of imidazole rings is 1. The Bertz CT molecular complexity index is 1440. The van der Waals surface area contributed by atoms with Gasteiger partial charge in [0.15, 0.2) is 0 Å². The van der Waals surface area contributed by atoms with E-state index in [0.29, 0.717) is 27.0 Å². The number of hydrogen-bond acceptors (Lipinski definition) is 2. The first-order valence-corrected chi connectivity index (χ1v) is 10.1. The third-order valence-electron chi connectivity index (χ3n) is 4.93. The second kappa shape index (κ2) is 7.48. The van der Waals surface area contributed by atoms with Gasteiger partial charge in [-0.2, -0.15) is 0 Å². The molecule has 0 aliphatic heterocycles. The highest BCUT2D eigenvalue weighted by atomic mass is 35.5. The van der Waals surface area contributed by atoms with Crippen LogP contribution in [0.3, 0.4) is 0 Å². The van der Waals surface area contributed by atoms with E-state index < -0.39 is 0 Å². The minimum Gasteiger partial charge on any atom is -0.338 e. The fourth-order valence-corrected chi connectivity index (χ4v) is 3.89. The third-order valence-corrected chi connectivity index (χ3v) is 5.50. The molecule has 0 bridgehead atoms. The highest BCUT2D eigenvalue weighted by Gasteiger charge is 2.15. The van der Waals surface area contributed by atoms with E-state index in [-0.39, 0.29) is 5.56 Å². The Kier molecular flexibility index (Phi) is 4.66. The van der Waals surface area contributed by atoms with Gasteiger partial charge in [0.1, 0.15) is 5.82 Å². The van der Waals surface area contributed by atoms with Crippen molar-refractivity contribution in [2.75, 3.05) is 0 Å². The summed E-state index contributed by atoms with van der Waals surface area (Å²) in [5, 5.41) is 1.14. The van der Waals surface area contributed by atoms with Crippen LogP contribution in [0, 0.1) is 0 Å². The zero-order valence-electron chi connectivity index (χ0n) is 15.6. The molecule has 0 amide bonds. The molecule has 0 saturated carbocycles. The fraction of sp³-hybridized carbons (Fsp3) is 0. The van der Waals surface area contributed by atoms with Crippen LogP contribution in [0.5, 0.6) is 0 Å². The van der Waals surface area contributed by atoms with E-state index in [0.717, 1.165) is 22.3 Å². The van der Waals surface area contributed by atoms with Crippen LogP contribution in [-0.2, 0) is 0 Å². The van der Waals surface area contributed by atoms with Gasteiger partial charge in [-0.1, -0.05) is 59.6 Å². The SMILES string of the molecule is O=c1c(-c2ccccc2Cl)cc(-c2nc3ccc(Cl)cc3[nH]2)cn1-c1ccccc1. The Hall–Kier alpha value is -3.34. The van der Waals surface area contributed by atoms with Crippen molar-refractivity contribution in [2.45, 2.75) is 0 Å². The predicted molar refractivity (Wildman–Crippen MR) is 123 cm³/mol. The fourth-order valence-electron chi connectivity index (χ4n) is 3.48.